The highest BCUT2D eigenvalue weighted by Crippen LogP contribution is 2.29. The zero-order valence-electron chi connectivity index (χ0n) is 12.4. The average molecular weight is 293 g/mol. The summed E-state index contributed by atoms with van der Waals surface area (Å²) in [5.41, 5.74) is 3.08. The van der Waals surface area contributed by atoms with Gasteiger partial charge in [-0.2, -0.15) is 5.10 Å². The summed E-state index contributed by atoms with van der Waals surface area (Å²) in [5, 5.41) is 5.57. The molecule has 5 heteroatoms. The summed E-state index contributed by atoms with van der Waals surface area (Å²) in [5.74, 6) is 2.26. The van der Waals surface area contributed by atoms with Crippen LogP contribution in [-0.2, 0) is 12.9 Å². The molecule has 3 heterocycles. The lowest BCUT2D eigenvalue weighted by Crippen LogP contribution is -2.35. The Morgan fingerprint density at radius 3 is 2.95 bits per heavy atom. The van der Waals surface area contributed by atoms with Gasteiger partial charge in [-0.25, -0.2) is 4.98 Å². The fraction of sp³-hybridized carbons (Fsp3) is 0.600. The van der Waals surface area contributed by atoms with Crippen molar-refractivity contribution in [1.82, 2.24) is 14.8 Å². The van der Waals surface area contributed by atoms with Crippen molar-refractivity contribution in [2.45, 2.75) is 32.6 Å². The van der Waals surface area contributed by atoms with Crippen molar-refractivity contribution in [3.05, 3.63) is 17.3 Å². The van der Waals surface area contributed by atoms with E-state index in [-0.39, 0.29) is 0 Å². The molecule has 1 aliphatic rings. The molecule has 1 atom stereocenters. The molecule has 1 aliphatic heterocycles. The summed E-state index contributed by atoms with van der Waals surface area (Å²) in [6.07, 6.45) is 2.53. The minimum atomic E-state index is 0.498. The Morgan fingerprint density at radius 1 is 1.45 bits per heavy atom. The summed E-state index contributed by atoms with van der Waals surface area (Å²) in [4.78, 5) is 7.25. The molecule has 0 amide bonds. The van der Waals surface area contributed by atoms with Crippen molar-refractivity contribution in [2.24, 2.45) is 13.0 Å². The van der Waals surface area contributed by atoms with E-state index in [1.807, 2.05) is 18.7 Å². The molecule has 2 aromatic rings. The summed E-state index contributed by atoms with van der Waals surface area (Å²) < 4.78 is 1.86. The molecular weight excluding hydrogens is 272 g/mol. The highest BCUT2D eigenvalue weighted by Gasteiger charge is 2.21. The van der Waals surface area contributed by atoms with Gasteiger partial charge in [0.05, 0.1) is 11.6 Å². The molecule has 3 rings (SSSR count). The number of aryl methyl sites for hydroxylation is 2. The Labute approximate surface area is 124 Å². The molecule has 20 heavy (non-hydrogen) atoms. The Bertz CT molecular complexity index is 634. The van der Waals surface area contributed by atoms with E-state index in [0.29, 0.717) is 5.88 Å². The maximum Gasteiger partial charge on any atom is 0.160 e. The van der Waals surface area contributed by atoms with Crippen molar-refractivity contribution in [1.29, 1.82) is 0 Å². The van der Waals surface area contributed by atoms with Crippen LogP contribution in [0.5, 0.6) is 0 Å². The molecule has 0 aliphatic carbocycles. The lowest BCUT2D eigenvalue weighted by molar-refractivity contribution is 0.444. The predicted molar refractivity (Wildman–Crippen MR) is 83.4 cm³/mol. The van der Waals surface area contributed by atoms with Gasteiger partial charge in [0, 0.05) is 31.1 Å². The first-order valence-corrected chi connectivity index (χ1v) is 7.77. The van der Waals surface area contributed by atoms with Gasteiger partial charge in [-0.3, -0.25) is 4.68 Å². The highest BCUT2D eigenvalue weighted by atomic mass is 35.5. The van der Waals surface area contributed by atoms with E-state index in [4.69, 9.17) is 16.6 Å². The molecule has 4 nitrogen and oxygen atoms in total. The number of nitrogens with zero attached hydrogens (tertiary/aromatic N) is 4. The number of rotatable bonds is 2. The second-order valence-corrected chi connectivity index (χ2v) is 6.15. The van der Waals surface area contributed by atoms with Gasteiger partial charge in [0.1, 0.15) is 5.82 Å². The summed E-state index contributed by atoms with van der Waals surface area (Å²) in [7, 11) is 1.95. The topological polar surface area (TPSA) is 34.0 Å². The van der Waals surface area contributed by atoms with E-state index in [0.717, 1.165) is 47.1 Å². The fourth-order valence-electron chi connectivity index (χ4n) is 3.13. The quantitative estimate of drug-likeness (QED) is 0.797. The predicted octanol–water partition coefficient (Wildman–Crippen LogP) is 3.25. The molecule has 0 bridgehead atoms. The zero-order chi connectivity index (χ0) is 14.3. The van der Waals surface area contributed by atoms with Crippen LogP contribution in [0.25, 0.3) is 11.0 Å². The third kappa shape index (κ3) is 2.26. The number of alkyl halides is 1. The van der Waals surface area contributed by atoms with Crippen LogP contribution in [-0.4, -0.2) is 27.9 Å². The van der Waals surface area contributed by atoms with Crippen molar-refractivity contribution >= 4 is 28.5 Å². The lowest BCUT2D eigenvalue weighted by atomic mass is 10.00. The van der Waals surface area contributed by atoms with Gasteiger partial charge in [-0.05, 0) is 31.7 Å². The minimum absolute atomic E-state index is 0.498. The number of aromatic nitrogens is 3. The van der Waals surface area contributed by atoms with E-state index < -0.39 is 0 Å². The standard InChI is InChI=1S/C15H21ClN4/c1-10-5-4-6-20(9-10)14-12(8-16)7-13-11(2)18-19(3)15(13)17-14/h7,10H,4-6,8-9H2,1-3H3. The maximum atomic E-state index is 6.15. The Balaban J connectivity index is 2.11. The first-order valence-electron chi connectivity index (χ1n) is 7.24. The molecule has 1 fully saturated rings. The van der Waals surface area contributed by atoms with E-state index >= 15 is 0 Å². The molecule has 1 unspecified atom stereocenters. The number of hydrogen-bond donors (Lipinski definition) is 0. The van der Waals surface area contributed by atoms with Gasteiger partial charge in [0.2, 0.25) is 0 Å². The monoisotopic (exact) mass is 292 g/mol. The summed E-state index contributed by atoms with van der Waals surface area (Å²) in [6, 6.07) is 2.16. The van der Waals surface area contributed by atoms with Crippen LogP contribution >= 0.6 is 11.6 Å². The Hall–Kier alpha value is -1.29. The Kier molecular flexibility index (Phi) is 3.59. The van der Waals surface area contributed by atoms with Crippen LogP contribution in [0, 0.1) is 12.8 Å². The highest BCUT2D eigenvalue weighted by molar-refractivity contribution is 6.17. The number of hydrogen-bond acceptors (Lipinski definition) is 3. The molecule has 2 aromatic heterocycles. The summed E-state index contributed by atoms with van der Waals surface area (Å²) >= 11 is 6.15. The van der Waals surface area contributed by atoms with Crippen LogP contribution < -0.4 is 4.90 Å². The van der Waals surface area contributed by atoms with E-state index in [2.05, 4.69) is 23.0 Å². The van der Waals surface area contributed by atoms with Crippen LogP contribution in [0.3, 0.4) is 0 Å². The third-order valence-corrected chi connectivity index (χ3v) is 4.44. The van der Waals surface area contributed by atoms with Gasteiger partial charge < -0.3 is 4.90 Å². The summed E-state index contributed by atoms with van der Waals surface area (Å²) in [6.45, 7) is 6.47. The van der Waals surface area contributed by atoms with Gasteiger partial charge in [0.25, 0.3) is 0 Å². The Morgan fingerprint density at radius 2 is 2.25 bits per heavy atom. The first kappa shape index (κ1) is 13.7. The molecule has 0 N–H and O–H groups in total. The normalized spacial score (nSPS) is 19.8. The fourth-order valence-corrected chi connectivity index (χ4v) is 3.33. The van der Waals surface area contributed by atoms with Crippen LogP contribution in [0.15, 0.2) is 6.07 Å². The smallest absolute Gasteiger partial charge is 0.160 e. The number of pyridine rings is 1. The number of piperidine rings is 1. The number of anilines is 1. The van der Waals surface area contributed by atoms with Gasteiger partial charge in [-0.1, -0.05) is 6.92 Å². The maximum absolute atomic E-state index is 6.15. The number of halogens is 1. The largest absolute Gasteiger partial charge is 0.356 e. The van der Waals surface area contributed by atoms with Crippen molar-refractivity contribution in [3.8, 4) is 0 Å². The van der Waals surface area contributed by atoms with Gasteiger partial charge in [-0.15, -0.1) is 11.6 Å². The van der Waals surface area contributed by atoms with Gasteiger partial charge >= 0.3 is 0 Å². The van der Waals surface area contributed by atoms with E-state index in [9.17, 15) is 0 Å². The first-order chi connectivity index (χ1) is 9.60. The molecule has 0 aromatic carbocycles. The van der Waals surface area contributed by atoms with E-state index in [1.165, 1.54) is 12.8 Å². The van der Waals surface area contributed by atoms with Crippen LogP contribution in [0.4, 0.5) is 5.82 Å². The molecule has 0 spiro atoms. The second kappa shape index (κ2) is 5.24. The van der Waals surface area contributed by atoms with E-state index in [1.54, 1.807) is 0 Å². The van der Waals surface area contributed by atoms with Crippen molar-refractivity contribution < 1.29 is 0 Å². The van der Waals surface area contributed by atoms with Crippen molar-refractivity contribution in [3.63, 3.8) is 0 Å². The average Bonchev–Trinajstić information content (AvgIpc) is 2.72. The second-order valence-electron chi connectivity index (χ2n) is 5.88. The molecular formula is C15H21ClN4. The molecule has 0 saturated carbocycles. The molecule has 108 valence electrons. The lowest BCUT2D eigenvalue weighted by Gasteiger charge is -2.33. The van der Waals surface area contributed by atoms with Gasteiger partial charge in [0.15, 0.2) is 5.65 Å². The van der Waals surface area contributed by atoms with Crippen LogP contribution in [0.2, 0.25) is 0 Å². The zero-order valence-corrected chi connectivity index (χ0v) is 13.1. The SMILES string of the molecule is Cc1nn(C)c2nc(N3CCCC(C)C3)c(CCl)cc12. The minimum Gasteiger partial charge on any atom is -0.356 e. The third-order valence-electron chi connectivity index (χ3n) is 4.16. The van der Waals surface area contributed by atoms with Crippen LogP contribution in [0.1, 0.15) is 31.0 Å². The molecule has 1 saturated heterocycles. The molecule has 0 radical (unpaired) electrons. The number of fused-ring (bicyclic) bond motifs is 1. The van der Waals surface area contributed by atoms with Crippen molar-refractivity contribution in [2.75, 3.05) is 18.0 Å².